The fourth-order valence-electron chi connectivity index (χ4n) is 2.46. The van der Waals surface area contributed by atoms with Crippen molar-refractivity contribution in [3.05, 3.63) is 60.2 Å². The molecule has 0 saturated carbocycles. The third-order valence-corrected chi connectivity index (χ3v) is 3.70. The highest BCUT2D eigenvalue weighted by Crippen LogP contribution is 2.27. The van der Waals surface area contributed by atoms with Crippen molar-refractivity contribution in [2.75, 3.05) is 16.8 Å². The zero-order valence-electron chi connectivity index (χ0n) is 10.7. The van der Waals surface area contributed by atoms with Crippen LogP contribution in [0.1, 0.15) is 12.0 Å². The van der Waals surface area contributed by atoms with Crippen molar-refractivity contribution < 1.29 is 0 Å². The van der Waals surface area contributed by atoms with E-state index < -0.39 is 0 Å². The fraction of sp³-hybridized carbons (Fsp3) is 0.188. The van der Waals surface area contributed by atoms with E-state index in [1.807, 2.05) is 30.3 Å². The molecule has 0 unspecified atom stereocenters. The molecule has 2 aromatic carbocycles. The van der Waals surface area contributed by atoms with Gasteiger partial charge in [0.15, 0.2) is 5.11 Å². The zero-order valence-corrected chi connectivity index (χ0v) is 11.5. The van der Waals surface area contributed by atoms with Crippen LogP contribution in [0, 0.1) is 0 Å². The number of nitrogens with one attached hydrogen (secondary N) is 1. The van der Waals surface area contributed by atoms with Crippen molar-refractivity contribution in [2.45, 2.75) is 12.8 Å². The SMILES string of the molecule is S=C(Nc1ccccc1)N1CCCc2ccccc21. The van der Waals surface area contributed by atoms with Crippen LogP contribution in [0.5, 0.6) is 0 Å². The summed E-state index contributed by atoms with van der Waals surface area (Å²) >= 11 is 5.55. The van der Waals surface area contributed by atoms with E-state index in [2.05, 4.69) is 34.5 Å². The van der Waals surface area contributed by atoms with Crippen LogP contribution in [-0.4, -0.2) is 11.7 Å². The number of hydrogen-bond acceptors (Lipinski definition) is 1. The molecule has 2 nitrogen and oxygen atoms in total. The molecule has 0 amide bonds. The Morgan fingerprint density at radius 1 is 1.00 bits per heavy atom. The van der Waals surface area contributed by atoms with E-state index in [4.69, 9.17) is 12.2 Å². The molecule has 0 fully saturated rings. The quantitative estimate of drug-likeness (QED) is 0.791. The molecule has 2 aromatic rings. The Balaban J connectivity index is 1.82. The maximum absolute atomic E-state index is 5.55. The molecule has 1 aliphatic heterocycles. The Morgan fingerprint density at radius 3 is 2.58 bits per heavy atom. The normalized spacial score (nSPS) is 13.8. The van der Waals surface area contributed by atoms with Crippen molar-refractivity contribution in [1.29, 1.82) is 0 Å². The number of para-hydroxylation sites is 2. The van der Waals surface area contributed by atoms with Gasteiger partial charge >= 0.3 is 0 Å². The summed E-state index contributed by atoms with van der Waals surface area (Å²) in [6.45, 7) is 0.982. The molecule has 0 aliphatic carbocycles. The summed E-state index contributed by atoms with van der Waals surface area (Å²) in [5.74, 6) is 0. The Bertz CT molecular complexity index is 580. The van der Waals surface area contributed by atoms with Gasteiger partial charge in [-0.3, -0.25) is 0 Å². The molecular formula is C16H16N2S. The molecule has 0 bridgehead atoms. The number of benzene rings is 2. The van der Waals surface area contributed by atoms with Gasteiger partial charge in [-0.15, -0.1) is 0 Å². The number of rotatable bonds is 1. The summed E-state index contributed by atoms with van der Waals surface area (Å²) in [6, 6.07) is 18.6. The summed E-state index contributed by atoms with van der Waals surface area (Å²) in [4.78, 5) is 2.20. The standard InChI is InChI=1S/C16H16N2S/c19-16(17-14-9-2-1-3-10-14)18-12-6-8-13-7-4-5-11-15(13)18/h1-5,7,9-11H,6,8,12H2,(H,17,19). The largest absolute Gasteiger partial charge is 0.332 e. The fourth-order valence-corrected chi connectivity index (χ4v) is 2.76. The zero-order chi connectivity index (χ0) is 13.1. The van der Waals surface area contributed by atoms with Gasteiger partial charge in [-0.1, -0.05) is 36.4 Å². The van der Waals surface area contributed by atoms with Crippen LogP contribution in [0.3, 0.4) is 0 Å². The number of nitrogens with zero attached hydrogens (tertiary/aromatic N) is 1. The van der Waals surface area contributed by atoms with Gasteiger partial charge in [-0.05, 0) is 48.8 Å². The predicted octanol–water partition coefficient (Wildman–Crippen LogP) is 3.84. The van der Waals surface area contributed by atoms with Gasteiger partial charge in [-0.2, -0.15) is 0 Å². The predicted molar refractivity (Wildman–Crippen MR) is 84.8 cm³/mol. The van der Waals surface area contributed by atoms with Crippen molar-refractivity contribution >= 4 is 28.7 Å². The Hall–Kier alpha value is -1.87. The van der Waals surface area contributed by atoms with Crippen LogP contribution in [0.15, 0.2) is 54.6 Å². The summed E-state index contributed by atoms with van der Waals surface area (Å²) in [5, 5.41) is 4.09. The smallest absolute Gasteiger partial charge is 0.177 e. The second-order valence-corrected chi connectivity index (χ2v) is 5.07. The first-order chi connectivity index (χ1) is 9.34. The molecule has 1 aliphatic rings. The average Bonchev–Trinajstić information content (AvgIpc) is 2.47. The molecule has 0 saturated heterocycles. The molecule has 0 aromatic heterocycles. The van der Waals surface area contributed by atoms with Crippen LogP contribution >= 0.6 is 12.2 Å². The third kappa shape index (κ3) is 2.61. The lowest BCUT2D eigenvalue weighted by Crippen LogP contribution is -2.38. The average molecular weight is 268 g/mol. The minimum atomic E-state index is 0.776. The van der Waals surface area contributed by atoms with Gasteiger partial charge in [0.25, 0.3) is 0 Å². The van der Waals surface area contributed by atoms with Gasteiger partial charge in [0.1, 0.15) is 0 Å². The minimum absolute atomic E-state index is 0.776. The Labute approximate surface area is 119 Å². The van der Waals surface area contributed by atoms with Crippen LogP contribution in [-0.2, 0) is 6.42 Å². The number of hydrogen-bond donors (Lipinski definition) is 1. The summed E-state index contributed by atoms with van der Waals surface area (Å²) in [5.41, 5.74) is 3.66. The topological polar surface area (TPSA) is 15.3 Å². The summed E-state index contributed by atoms with van der Waals surface area (Å²) in [7, 11) is 0. The first-order valence-corrected chi connectivity index (χ1v) is 6.97. The molecule has 3 rings (SSSR count). The molecule has 96 valence electrons. The number of aryl methyl sites for hydroxylation is 1. The van der Waals surface area contributed by atoms with Crippen molar-refractivity contribution in [3.8, 4) is 0 Å². The molecule has 1 N–H and O–H groups in total. The minimum Gasteiger partial charge on any atom is -0.332 e. The van der Waals surface area contributed by atoms with E-state index in [1.54, 1.807) is 0 Å². The maximum atomic E-state index is 5.55. The Kier molecular flexibility index (Phi) is 3.47. The van der Waals surface area contributed by atoms with Crippen molar-refractivity contribution in [1.82, 2.24) is 0 Å². The Morgan fingerprint density at radius 2 is 1.74 bits per heavy atom. The van der Waals surface area contributed by atoms with E-state index in [1.165, 1.54) is 11.3 Å². The van der Waals surface area contributed by atoms with Gasteiger partial charge in [0.2, 0.25) is 0 Å². The number of thiocarbonyl (C=S) groups is 1. The van der Waals surface area contributed by atoms with Gasteiger partial charge in [0, 0.05) is 17.9 Å². The number of anilines is 2. The van der Waals surface area contributed by atoms with Crippen LogP contribution in [0.2, 0.25) is 0 Å². The molecule has 0 spiro atoms. The molecule has 3 heteroatoms. The second-order valence-electron chi connectivity index (χ2n) is 4.68. The summed E-state index contributed by atoms with van der Waals surface area (Å²) < 4.78 is 0. The van der Waals surface area contributed by atoms with E-state index in [-0.39, 0.29) is 0 Å². The highest BCUT2D eigenvalue weighted by molar-refractivity contribution is 7.80. The van der Waals surface area contributed by atoms with Crippen LogP contribution in [0.25, 0.3) is 0 Å². The van der Waals surface area contributed by atoms with Crippen molar-refractivity contribution in [2.24, 2.45) is 0 Å². The monoisotopic (exact) mass is 268 g/mol. The van der Waals surface area contributed by atoms with Gasteiger partial charge in [0.05, 0.1) is 0 Å². The van der Waals surface area contributed by atoms with Crippen LogP contribution < -0.4 is 10.2 Å². The van der Waals surface area contributed by atoms with Gasteiger partial charge in [-0.25, -0.2) is 0 Å². The highest BCUT2D eigenvalue weighted by Gasteiger charge is 2.19. The first kappa shape index (κ1) is 12.2. The first-order valence-electron chi connectivity index (χ1n) is 6.56. The second kappa shape index (κ2) is 5.41. The van der Waals surface area contributed by atoms with Gasteiger partial charge < -0.3 is 10.2 Å². The van der Waals surface area contributed by atoms with Crippen LogP contribution in [0.4, 0.5) is 11.4 Å². The molecule has 0 radical (unpaired) electrons. The van der Waals surface area contributed by atoms with E-state index >= 15 is 0 Å². The molecular weight excluding hydrogens is 252 g/mol. The molecule has 0 atom stereocenters. The lowest BCUT2D eigenvalue weighted by Gasteiger charge is -2.31. The highest BCUT2D eigenvalue weighted by atomic mass is 32.1. The van der Waals surface area contributed by atoms with E-state index in [0.29, 0.717) is 0 Å². The molecule has 1 heterocycles. The van der Waals surface area contributed by atoms with E-state index in [9.17, 15) is 0 Å². The van der Waals surface area contributed by atoms with Crippen molar-refractivity contribution in [3.63, 3.8) is 0 Å². The van der Waals surface area contributed by atoms with E-state index in [0.717, 1.165) is 30.2 Å². The lowest BCUT2D eigenvalue weighted by atomic mass is 10.0. The third-order valence-electron chi connectivity index (χ3n) is 3.38. The maximum Gasteiger partial charge on any atom is 0.177 e. The molecule has 19 heavy (non-hydrogen) atoms. The number of fused-ring (bicyclic) bond motifs is 1. The lowest BCUT2D eigenvalue weighted by molar-refractivity contribution is 0.781. The summed E-state index contributed by atoms with van der Waals surface area (Å²) in [6.07, 6.45) is 2.29.